The molecule has 2 aromatic carbocycles. The van der Waals surface area contributed by atoms with Crippen molar-refractivity contribution in [2.24, 2.45) is 0 Å². The van der Waals surface area contributed by atoms with E-state index < -0.39 is 0 Å². The lowest BCUT2D eigenvalue weighted by Gasteiger charge is -2.05. The molecule has 0 bridgehead atoms. The van der Waals surface area contributed by atoms with E-state index in [1.807, 2.05) is 18.3 Å². The van der Waals surface area contributed by atoms with Gasteiger partial charge >= 0.3 is 0 Å². The topological polar surface area (TPSA) is 75.6 Å². The zero-order valence-corrected chi connectivity index (χ0v) is 17.0. The summed E-state index contributed by atoms with van der Waals surface area (Å²) in [5.41, 5.74) is 4.05. The minimum Gasteiger partial charge on any atom is -0.304 e. The Labute approximate surface area is 177 Å². The summed E-state index contributed by atoms with van der Waals surface area (Å²) in [5.74, 6) is 0.138. The van der Waals surface area contributed by atoms with Crippen LogP contribution in [0.1, 0.15) is 21.6 Å². The lowest BCUT2D eigenvalue weighted by Crippen LogP contribution is -2.13. The highest BCUT2D eigenvalue weighted by Crippen LogP contribution is 2.27. The number of nitrogens with zero attached hydrogens (tertiary/aromatic N) is 3. The van der Waals surface area contributed by atoms with E-state index in [0.717, 1.165) is 5.56 Å². The van der Waals surface area contributed by atoms with E-state index in [1.165, 1.54) is 11.1 Å². The van der Waals surface area contributed by atoms with Crippen LogP contribution in [0.15, 0.2) is 60.8 Å². The van der Waals surface area contributed by atoms with Crippen LogP contribution >= 0.6 is 23.2 Å². The third-order valence-corrected chi connectivity index (χ3v) is 5.25. The minimum absolute atomic E-state index is 0.319. The Bertz CT molecular complexity index is 1180. The Kier molecular flexibility index (Phi) is 5.38. The highest BCUT2D eigenvalue weighted by atomic mass is 35.5. The van der Waals surface area contributed by atoms with Crippen molar-refractivity contribution in [2.75, 3.05) is 5.32 Å². The van der Waals surface area contributed by atoms with Gasteiger partial charge in [-0.15, -0.1) is 0 Å². The lowest BCUT2D eigenvalue weighted by molar-refractivity contribution is 0.102. The number of aromatic nitrogens is 4. The molecule has 4 rings (SSSR count). The summed E-state index contributed by atoms with van der Waals surface area (Å²) >= 11 is 12.0. The first-order chi connectivity index (χ1) is 14.0. The number of aromatic amines is 1. The predicted octanol–water partition coefficient (Wildman–Crippen LogP) is 5.19. The fourth-order valence-electron chi connectivity index (χ4n) is 2.90. The van der Waals surface area contributed by atoms with E-state index >= 15 is 0 Å². The van der Waals surface area contributed by atoms with Gasteiger partial charge in [-0.2, -0.15) is 10.2 Å². The molecule has 2 aromatic heterocycles. The average molecular weight is 426 g/mol. The molecule has 2 heterocycles. The molecule has 2 N–H and O–H groups in total. The van der Waals surface area contributed by atoms with Crippen LogP contribution in [0.25, 0.3) is 11.3 Å². The second-order valence-electron chi connectivity index (χ2n) is 6.57. The summed E-state index contributed by atoms with van der Waals surface area (Å²) in [5, 5.41) is 15.0. The van der Waals surface area contributed by atoms with Crippen LogP contribution in [0.3, 0.4) is 0 Å². The van der Waals surface area contributed by atoms with Crippen molar-refractivity contribution in [3.8, 4) is 11.3 Å². The first-order valence-electron chi connectivity index (χ1n) is 8.90. The maximum atomic E-state index is 12.5. The molecule has 146 valence electrons. The molecule has 0 radical (unpaired) electrons. The van der Waals surface area contributed by atoms with Crippen LogP contribution in [-0.2, 0) is 6.54 Å². The highest BCUT2D eigenvalue weighted by Gasteiger charge is 2.13. The van der Waals surface area contributed by atoms with E-state index in [-0.39, 0.29) is 5.91 Å². The van der Waals surface area contributed by atoms with Crippen molar-refractivity contribution in [2.45, 2.75) is 13.5 Å². The van der Waals surface area contributed by atoms with Gasteiger partial charge in [-0.3, -0.25) is 14.6 Å². The van der Waals surface area contributed by atoms with Crippen molar-refractivity contribution in [3.63, 3.8) is 0 Å². The summed E-state index contributed by atoms with van der Waals surface area (Å²) in [7, 11) is 0. The van der Waals surface area contributed by atoms with E-state index in [4.69, 9.17) is 23.2 Å². The SMILES string of the molecule is Cc1ccccc1Cn1ccc(NC(=O)c2cc(-c3ccc(Cl)c(Cl)c3)n[nH]2)n1. The monoisotopic (exact) mass is 425 g/mol. The molecule has 0 saturated carbocycles. The number of carbonyl (C=O) groups is 1. The van der Waals surface area contributed by atoms with Gasteiger partial charge < -0.3 is 5.32 Å². The van der Waals surface area contributed by atoms with Crippen LogP contribution in [0.5, 0.6) is 0 Å². The smallest absolute Gasteiger partial charge is 0.274 e. The zero-order chi connectivity index (χ0) is 20.4. The lowest BCUT2D eigenvalue weighted by atomic mass is 10.1. The summed E-state index contributed by atoms with van der Waals surface area (Å²) < 4.78 is 1.78. The number of carbonyl (C=O) groups excluding carboxylic acids is 1. The third-order valence-electron chi connectivity index (χ3n) is 4.51. The van der Waals surface area contributed by atoms with Crippen LogP contribution in [0, 0.1) is 6.92 Å². The minimum atomic E-state index is -0.329. The molecule has 29 heavy (non-hydrogen) atoms. The Morgan fingerprint density at radius 1 is 1.10 bits per heavy atom. The van der Waals surface area contributed by atoms with Crippen LogP contribution in [-0.4, -0.2) is 25.9 Å². The summed E-state index contributed by atoms with van der Waals surface area (Å²) in [6, 6.07) is 16.7. The van der Waals surface area contributed by atoms with Crippen LogP contribution in [0.2, 0.25) is 10.0 Å². The van der Waals surface area contributed by atoms with Gasteiger partial charge in [0.2, 0.25) is 0 Å². The number of hydrogen-bond donors (Lipinski definition) is 2. The van der Waals surface area contributed by atoms with Gasteiger partial charge in [-0.1, -0.05) is 53.5 Å². The third kappa shape index (κ3) is 4.34. The number of rotatable bonds is 5. The number of hydrogen-bond acceptors (Lipinski definition) is 3. The summed E-state index contributed by atoms with van der Waals surface area (Å²) in [4.78, 5) is 12.5. The number of aryl methyl sites for hydroxylation is 1. The second-order valence-corrected chi connectivity index (χ2v) is 7.39. The van der Waals surface area contributed by atoms with Gasteiger partial charge in [0, 0.05) is 17.8 Å². The number of benzene rings is 2. The van der Waals surface area contributed by atoms with Crippen molar-refractivity contribution in [1.29, 1.82) is 0 Å². The molecular formula is C21H17Cl2N5O. The fourth-order valence-corrected chi connectivity index (χ4v) is 3.20. The number of nitrogens with one attached hydrogen (secondary N) is 2. The molecule has 6 nitrogen and oxygen atoms in total. The van der Waals surface area contributed by atoms with E-state index in [2.05, 4.69) is 39.7 Å². The van der Waals surface area contributed by atoms with Crippen molar-refractivity contribution in [3.05, 3.63) is 87.7 Å². The molecule has 4 aromatic rings. The van der Waals surface area contributed by atoms with Gasteiger partial charge in [-0.25, -0.2) is 0 Å². The molecule has 8 heteroatoms. The predicted molar refractivity (Wildman–Crippen MR) is 115 cm³/mol. The maximum absolute atomic E-state index is 12.5. The van der Waals surface area contributed by atoms with Crippen LogP contribution < -0.4 is 5.32 Å². The Morgan fingerprint density at radius 3 is 2.72 bits per heavy atom. The van der Waals surface area contributed by atoms with Gasteiger partial charge in [0.25, 0.3) is 5.91 Å². The molecule has 0 aliphatic carbocycles. The first-order valence-corrected chi connectivity index (χ1v) is 9.65. The van der Waals surface area contributed by atoms with E-state index in [0.29, 0.717) is 33.8 Å². The second kappa shape index (κ2) is 8.11. The molecule has 0 aliphatic rings. The summed E-state index contributed by atoms with van der Waals surface area (Å²) in [6.07, 6.45) is 1.83. The Balaban J connectivity index is 1.45. The fraction of sp³-hybridized carbons (Fsp3) is 0.0952. The largest absolute Gasteiger partial charge is 0.304 e. The van der Waals surface area contributed by atoms with Gasteiger partial charge in [-0.05, 0) is 36.2 Å². The normalized spacial score (nSPS) is 10.9. The van der Waals surface area contributed by atoms with Crippen LogP contribution in [0.4, 0.5) is 5.82 Å². The number of amides is 1. The van der Waals surface area contributed by atoms with Crippen molar-refractivity contribution in [1.82, 2.24) is 20.0 Å². The van der Waals surface area contributed by atoms with Crippen molar-refractivity contribution < 1.29 is 4.79 Å². The standard InChI is InChI=1S/C21H17Cl2N5O/c1-13-4-2-3-5-15(13)12-28-9-8-20(27-28)24-21(29)19-11-18(25-26-19)14-6-7-16(22)17(23)10-14/h2-11H,12H2,1H3,(H,25,26)(H,24,27,29). The quantitative estimate of drug-likeness (QED) is 0.461. The molecule has 0 fully saturated rings. The number of anilines is 1. The Hall–Kier alpha value is -3.09. The van der Waals surface area contributed by atoms with Gasteiger partial charge in [0.1, 0.15) is 5.69 Å². The Morgan fingerprint density at radius 2 is 1.93 bits per heavy atom. The number of H-pyrrole nitrogens is 1. The molecular weight excluding hydrogens is 409 g/mol. The molecule has 0 atom stereocenters. The average Bonchev–Trinajstić information content (AvgIpc) is 3.36. The zero-order valence-electron chi connectivity index (χ0n) is 15.5. The van der Waals surface area contributed by atoms with E-state index in [1.54, 1.807) is 35.0 Å². The molecule has 0 unspecified atom stereocenters. The van der Waals surface area contributed by atoms with Gasteiger partial charge in [0.15, 0.2) is 5.82 Å². The molecule has 1 amide bonds. The van der Waals surface area contributed by atoms with Crippen molar-refractivity contribution >= 4 is 34.9 Å². The highest BCUT2D eigenvalue weighted by molar-refractivity contribution is 6.42. The van der Waals surface area contributed by atoms with E-state index in [9.17, 15) is 4.79 Å². The molecule has 0 saturated heterocycles. The first kappa shape index (κ1) is 19.2. The molecule has 0 spiro atoms. The van der Waals surface area contributed by atoms with Gasteiger partial charge in [0.05, 0.1) is 22.3 Å². The molecule has 0 aliphatic heterocycles. The maximum Gasteiger partial charge on any atom is 0.274 e. The number of halogens is 2. The summed E-state index contributed by atoms with van der Waals surface area (Å²) in [6.45, 7) is 2.69.